The summed E-state index contributed by atoms with van der Waals surface area (Å²) in [5.74, 6) is 0.731. The zero-order valence-electron chi connectivity index (χ0n) is 15.3. The highest BCUT2D eigenvalue weighted by Gasteiger charge is 2.24. The van der Waals surface area contributed by atoms with Gasteiger partial charge in [0.05, 0.1) is 0 Å². The van der Waals surface area contributed by atoms with E-state index in [1.54, 1.807) is 19.0 Å². The number of nitrogens with zero attached hydrogens (tertiary/aromatic N) is 2. The molecule has 0 aromatic heterocycles. The van der Waals surface area contributed by atoms with Gasteiger partial charge < -0.3 is 9.80 Å². The number of carbonyl (C=O) groups is 2. The second-order valence-electron chi connectivity index (χ2n) is 7.10. The number of piperidine rings is 1. The number of likely N-dealkylation sites (tertiary alicyclic amines) is 1. The van der Waals surface area contributed by atoms with Crippen LogP contribution in [0.25, 0.3) is 0 Å². The fourth-order valence-corrected chi connectivity index (χ4v) is 3.37. The third-order valence-corrected chi connectivity index (χ3v) is 5.01. The largest absolute Gasteiger partial charge is 0.349 e. The number of rotatable bonds is 6. The van der Waals surface area contributed by atoms with Gasteiger partial charge in [-0.3, -0.25) is 9.59 Å². The van der Waals surface area contributed by atoms with Crippen molar-refractivity contribution in [2.24, 2.45) is 5.92 Å². The van der Waals surface area contributed by atoms with E-state index in [-0.39, 0.29) is 11.8 Å². The van der Waals surface area contributed by atoms with Crippen molar-refractivity contribution in [1.82, 2.24) is 9.80 Å². The summed E-state index contributed by atoms with van der Waals surface area (Å²) in [4.78, 5) is 27.5. The second kappa shape index (κ2) is 8.86. The summed E-state index contributed by atoms with van der Waals surface area (Å²) in [7, 11) is 3.46. The fraction of sp³-hybridized carbons (Fsp3) is 0.600. The zero-order valence-corrected chi connectivity index (χ0v) is 15.3. The summed E-state index contributed by atoms with van der Waals surface area (Å²) in [6.07, 6.45) is 5.14. The minimum Gasteiger partial charge on any atom is -0.349 e. The van der Waals surface area contributed by atoms with Gasteiger partial charge in [0.1, 0.15) is 0 Å². The monoisotopic (exact) mass is 330 g/mol. The molecule has 0 aliphatic carbocycles. The Morgan fingerprint density at radius 2 is 1.96 bits per heavy atom. The fourth-order valence-electron chi connectivity index (χ4n) is 3.37. The summed E-state index contributed by atoms with van der Waals surface area (Å²) >= 11 is 0. The molecule has 24 heavy (non-hydrogen) atoms. The van der Waals surface area contributed by atoms with E-state index in [4.69, 9.17) is 0 Å². The van der Waals surface area contributed by atoms with Crippen LogP contribution in [-0.2, 0) is 16.0 Å². The first kappa shape index (κ1) is 18.5. The van der Waals surface area contributed by atoms with Crippen molar-refractivity contribution in [1.29, 1.82) is 0 Å². The van der Waals surface area contributed by atoms with Crippen molar-refractivity contribution in [2.75, 3.05) is 27.2 Å². The standard InChI is InChI=1S/C20H30N2O2/c1-16-7-4-5-9-18(16)11-10-17-8-6-14-22(15-17)20(24)13-12-19(23)21(2)3/h4-5,7,9,17H,6,8,10-15H2,1-3H3. The minimum absolute atomic E-state index is 0.0245. The number of benzene rings is 1. The average molecular weight is 330 g/mol. The summed E-state index contributed by atoms with van der Waals surface area (Å²) in [5.41, 5.74) is 2.76. The molecular formula is C20H30N2O2. The number of carbonyl (C=O) groups excluding carboxylic acids is 2. The quantitative estimate of drug-likeness (QED) is 0.804. The van der Waals surface area contributed by atoms with Crippen molar-refractivity contribution in [3.05, 3.63) is 35.4 Å². The Morgan fingerprint density at radius 3 is 2.67 bits per heavy atom. The van der Waals surface area contributed by atoms with Gasteiger partial charge in [-0.25, -0.2) is 0 Å². The summed E-state index contributed by atoms with van der Waals surface area (Å²) in [5, 5.41) is 0. The number of hydrogen-bond donors (Lipinski definition) is 0. The van der Waals surface area contributed by atoms with E-state index < -0.39 is 0 Å². The maximum Gasteiger partial charge on any atom is 0.223 e. The molecule has 0 radical (unpaired) electrons. The lowest BCUT2D eigenvalue weighted by molar-refractivity contribution is -0.137. The Labute approximate surface area is 145 Å². The Kier molecular flexibility index (Phi) is 6.83. The average Bonchev–Trinajstić information content (AvgIpc) is 2.58. The van der Waals surface area contributed by atoms with Crippen LogP contribution in [0.3, 0.4) is 0 Å². The van der Waals surface area contributed by atoms with Gasteiger partial charge in [0, 0.05) is 40.0 Å². The van der Waals surface area contributed by atoms with Crippen molar-refractivity contribution in [3.63, 3.8) is 0 Å². The molecule has 0 saturated carbocycles. The van der Waals surface area contributed by atoms with Gasteiger partial charge in [-0.15, -0.1) is 0 Å². The Hall–Kier alpha value is -1.84. The molecule has 4 nitrogen and oxygen atoms in total. The molecule has 1 aliphatic rings. The van der Waals surface area contributed by atoms with Crippen LogP contribution in [0.2, 0.25) is 0 Å². The highest BCUT2D eigenvalue weighted by atomic mass is 16.2. The first-order valence-electron chi connectivity index (χ1n) is 9.00. The predicted molar refractivity (Wildman–Crippen MR) is 96.7 cm³/mol. The number of amides is 2. The van der Waals surface area contributed by atoms with Gasteiger partial charge in [0.2, 0.25) is 11.8 Å². The third kappa shape index (κ3) is 5.36. The van der Waals surface area contributed by atoms with Crippen molar-refractivity contribution in [2.45, 2.75) is 45.4 Å². The van der Waals surface area contributed by atoms with Crippen LogP contribution >= 0.6 is 0 Å². The van der Waals surface area contributed by atoms with Gasteiger partial charge in [-0.1, -0.05) is 24.3 Å². The van der Waals surface area contributed by atoms with Gasteiger partial charge in [0.25, 0.3) is 0 Å². The molecule has 1 fully saturated rings. The second-order valence-corrected chi connectivity index (χ2v) is 7.10. The smallest absolute Gasteiger partial charge is 0.223 e. The van der Waals surface area contributed by atoms with Crippen LogP contribution in [0.4, 0.5) is 0 Å². The van der Waals surface area contributed by atoms with Crippen LogP contribution in [0, 0.1) is 12.8 Å². The lowest BCUT2D eigenvalue weighted by Crippen LogP contribution is -2.40. The van der Waals surface area contributed by atoms with Gasteiger partial charge in [-0.05, 0) is 49.7 Å². The molecule has 0 N–H and O–H groups in total. The summed E-state index contributed by atoms with van der Waals surface area (Å²) in [6, 6.07) is 8.54. The van der Waals surface area contributed by atoms with Gasteiger partial charge in [0.15, 0.2) is 0 Å². The number of hydrogen-bond acceptors (Lipinski definition) is 2. The molecule has 2 amide bonds. The molecule has 1 atom stereocenters. The summed E-state index contributed by atoms with van der Waals surface area (Å²) in [6.45, 7) is 3.85. The Balaban J connectivity index is 1.80. The van der Waals surface area contributed by atoms with Crippen molar-refractivity contribution < 1.29 is 9.59 Å². The van der Waals surface area contributed by atoms with E-state index in [9.17, 15) is 9.59 Å². The molecule has 0 bridgehead atoms. The van der Waals surface area contributed by atoms with Crippen molar-refractivity contribution in [3.8, 4) is 0 Å². The van der Waals surface area contributed by atoms with Gasteiger partial charge in [-0.2, -0.15) is 0 Å². The molecule has 2 rings (SSSR count). The van der Waals surface area contributed by atoms with E-state index in [0.717, 1.165) is 32.4 Å². The minimum atomic E-state index is 0.0245. The normalized spacial score (nSPS) is 17.6. The molecular weight excluding hydrogens is 300 g/mol. The van der Waals surface area contributed by atoms with E-state index in [0.29, 0.717) is 18.8 Å². The maximum atomic E-state index is 12.4. The zero-order chi connectivity index (χ0) is 17.5. The van der Waals surface area contributed by atoms with Crippen molar-refractivity contribution >= 4 is 11.8 Å². The van der Waals surface area contributed by atoms with Crippen LogP contribution in [0.5, 0.6) is 0 Å². The van der Waals surface area contributed by atoms with Gasteiger partial charge >= 0.3 is 0 Å². The highest BCUT2D eigenvalue weighted by molar-refractivity contribution is 5.83. The Bertz CT molecular complexity index is 569. The van der Waals surface area contributed by atoms with E-state index in [1.807, 2.05) is 4.90 Å². The van der Waals surface area contributed by atoms with Crippen LogP contribution in [0.15, 0.2) is 24.3 Å². The highest BCUT2D eigenvalue weighted by Crippen LogP contribution is 2.23. The van der Waals surface area contributed by atoms with Crippen LogP contribution < -0.4 is 0 Å². The van der Waals surface area contributed by atoms with Crippen LogP contribution in [-0.4, -0.2) is 48.8 Å². The third-order valence-electron chi connectivity index (χ3n) is 5.01. The lowest BCUT2D eigenvalue weighted by atomic mass is 9.90. The molecule has 1 aliphatic heterocycles. The molecule has 0 spiro atoms. The predicted octanol–water partition coefficient (Wildman–Crippen LogP) is 3.03. The van der Waals surface area contributed by atoms with Crippen LogP contribution in [0.1, 0.15) is 43.2 Å². The van der Waals surface area contributed by atoms with E-state index >= 15 is 0 Å². The molecule has 1 saturated heterocycles. The first-order valence-corrected chi connectivity index (χ1v) is 9.00. The Morgan fingerprint density at radius 1 is 1.21 bits per heavy atom. The lowest BCUT2D eigenvalue weighted by Gasteiger charge is -2.33. The molecule has 132 valence electrons. The number of aryl methyl sites for hydroxylation is 2. The molecule has 4 heteroatoms. The van der Waals surface area contributed by atoms with E-state index in [2.05, 4.69) is 31.2 Å². The molecule has 1 heterocycles. The SMILES string of the molecule is Cc1ccccc1CCC1CCCN(C(=O)CCC(=O)N(C)C)C1. The molecule has 1 aromatic rings. The molecule has 1 unspecified atom stereocenters. The molecule has 1 aromatic carbocycles. The first-order chi connectivity index (χ1) is 11.5. The van der Waals surface area contributed by atoms with E-state index in [1.165, 1.54) is 17.5 Å². The summed E-state index contributed by atoms with van der Waals surface area (Å²) < 4.78 is 0. The maximum absolute atomic E-state index is 12.4. The topological polar surface area (TPSA) is 40.6 Å².